The monoisotopic (exact) mass is 309 g/mol. The van der Waals surface area contributed by atoms with Gasteiger partial charge in [0.25, 0.3) is 0 Å². The summed E-state index contributed by atoms with van der Waals surface area (Å²) >= 11 is 0. The predicted octanol–water partition coefficient (Wildman–Crippen LogP) is 5.24. The van der Waals surface area contributed by atoms with Crippen LogP contribution in [0.1, 0.15) is 30.4 Å². The minimum Gasteiger partial charge on any atom is -0.454 e. The predicted molar refractivity (Wildman–Crippen MR) is 96.5 cm³/mol. The van der Waals surface area contributed by atoms with Gasteiger partial charge in [-0.3, -0.25) is 0 Å². The van der Waals surface area contributed by atoms with E-state index in [2.05, 4.69) is 30.0 Å². The first kappa shape index (κ1) is 11.2. The summed E-state index contributed by atoms with van der Waals surface area (Å²) < 4.78 is 29.4. The van der Waals surface area contributed by atoms with E-state index in [-0.39, 0.29) is 6.17 Å². The maximum Gasteiger partial charge on any atom is 0.159 e. The van der Waals surface area contributed by atoms with E-state index in [1.807, 2.05) is 42.4 Å². The molecular weight excluding hydrogens is 284 g/mol. The fraction of sp³-hybridized carbons (Fsp3) is 0.300. The highest BCUT2D eigenvalue weighted by atomic mass is 16.3. The molecule has 1 unspecified atom stereocenters. The molecule has 2 heterocycles. The molecule has 3 aromatic rings. The van der Waals surface area contributed by atoms with Crippen molar-refractivity contribution in [1.82, 2.24) is 4.90 Å². The summed E-state index contributed by atoms with van der Waals surface area (Å²) in [6.45, 7) is 3.78. The Morgan fingerprint density at radius 1 is 1.13 bits per heavy atom. The van der Waals surface area contributed by atoms with E-state index in [0.717, 1.165) is 33.2 Å². The van der Waals surface area contributed by atoms with E-state index in [4.69, 9.17) is 8.53 Å². The molecule has 3 nitrogen and oxygen atoms in total. The number of hydrogen-bond donors (Lipinski definition) is 0. The van der Waals surface area contributed by atoms with Crippen molar-refractivity contribution in [1.29, 1.82) is 0 Å². The van der Waals surface area contributed by atoms with E-state index in [1.165, 1.54) is 0 Å². The molecule has 1 aliphatic rings. The normalized spacial score (nSPS) is 21.7. The van der Waals surface area contributed by atoms with Crippen molar-refractivity contribution in [3.05, 3.63) is 54.4 Å². The van der Waals surface area contributed by atoms with Crippen LogP contribution >= 0.6 is 0 Å². The first-order valence-electron chi connectivity index (χ1n) is 9.44. The molecule has 0 saturated carbocycles. The minimum absolute atomic E-state index is 0.108. The molecule has 0 N–H and O–H groups in total. The van der Waals surface area contributed by atoms with Crippen LogP contribution in [0.3, 0.4) is 0 Å². The molecule has 1 aliphatic heterocycles. The van der Waals surface area contributed by atoms with Crippen molar-refractivity contribution in [2.75, 3.05) is 4.90 Å². The zero-order valence-electron chi connectivity index (χ0n) is 16.6. The Hall–Kier alpha value is -2.42. The van der Waals surface area contributed by atoms with Gasteiger partial charge in [-0.15, -0.1) is 0 Å². The van der Waals surface area contributed by atoms with E-state index in [0.29, 0.717) is 0 Å². The van der Waals surface area contributed by atoms with Crippen LogP contribution in [-0.2, 0) is 0 Å². The van der Waals surface area contributed by atoms with E-state index >= 15 is 0 Å². The van der Waals surface area contributed by atoms with Crippen molar-refractivity contribution in [2.24, 2.45) is 0 Å². The Morgan fingerprint density at radius 3 is 2.78 bits per heavy atom. The third kappa shape index (κ3) is 2.03. The van der Waals surface area contributed by atoms with Crippen LogP contribution in [-0.4, -0.2) is 17.1 Å². The third-order valence-corrected chi connectivity index (χ3v) is 4.66. The number of benzene rings is 2. The quantitative estimate of drug-likeness (QED) is 0.645. The molecule has 1 aromatic heterocycles. The number of nitrogens with zero attached hydrogens (tertiary/aromatic N) is 2. The molecule has 0 radical (unpaired) electrons. The SMILES string of the molecule is [2H]C([2H])([2H])C(C)N1C=CN(c2c(C)ccc3c2oc2ccccc23)[C@@H]1C. The number of fused-ring (bicyclic) bond motifs is 3. The van der Waals surface area contributed by atoms with Crippen LogP contribution in [0.15, 0.2) is 53.2 Å². The lowest BCUT2D eigenvalue weighted by Crippen LogP contribution is -2.39. The van der Waals surface area contributed by atoms with Crippen LogP contribution in [0.5, 0.6) is 0 Å². The van der Waals surface area contributed by atoms with Gasteiger partial charge in [-0.05, 0) is 39.3 Å². The lowest BCUT2D eigenvalue weighted by molar-refractivity contribution is 0.263. The molecule has 0 bridgehead atoms. The molecule has 3 heteroatoms. The first-order valence-corrected chi connectivity index (χ1v) is 7.94. The molecule has 23 heavy (non-hydrogen) atoms. The number of aryl methyl sites for hydroxylation is 1. The van der Waals surface area contributed by atoms with Gasteiger partial charge >= 0.3 is 0 Å². The van der Waals surface area contributed by atoms with Gasteiger partial charge in [-0.2, -0.15) is 0 Å². The van der Waals surface area contributed by atoms with Gasteiger partial charge in [-0.1, -0.05) is 30.3 Å². The summed E-state index contributed by atoms with van der Waals surface area (Å²) in [7, 11) is 0. The smallest absolute Gasteiger partial charge is 0.159 e. The Labute approximate surface area is 141 Å². The van der Waals surface area contributed by atoms with E-state index in [1.54, 1.807) is 6.92 Å². The van der Waals surface area contributed by atoms with Gasteiger partial charge in [0.2, 0.25) is 0 Å². The molecule has 0 aliphatic carbocycles. The Morgan fingerprint density at radius 2 is 1.96 bits per heavy atom. The Bertz CT molecular complexity index is 1010. The van der Waals surface area contributed by atoms with Crippen LogP contribution in [0, 0.1) is 6.92 Å². The maximum absolute atomic E-state index is 7.73. The second-order valence-corrected chi connectivity index (χ2v) is 6.17. The van der Waals surface area contributed by atoms with Gasteiger partial charge in [-0.25, -0.2) is 0 Å². The molecule has 2 aromatic carbocycles. The second-order valence-electron chi connectivity index (χ2n) is 6.17. The van der Waals surface area contributed by atoms with E-state index in [9.17, 15) is 0 Å². The zero-order valence-corrected chi connectivity index (χ0v) is 13.6. The van der Waals surface area contributed by atoms with Gasteiger partial charge in [0.1, 0.15) is 11.7 Å². The third-order valence-electron chi connectivity index (χ3n) is 4.66. The summed E-state index contributed by atoms with van der Waals surface area (Å²) in [5.41, 5.74) is 3.78. The largest absolute Gasteiger partial charge is 0.454 e. The van der Waals surface area contributed by atoms with Crippen LogP contribution in [0.25, 0.3) is 21.9 Å². The summed E-state index contributed by atoms with van der Waals surface area (Å²) in [5.74, 6) is 0. The van der Waals surface area contributed by atoms with Crippen molar-refractivity contribution in [3.63, 3.8) is 0 Å². The summed E-state index contributed by atoms with van der Waals surface area (Å²) in [6.07, 6.45) is 3.70. The van der Waals surface area contributed by atoms with Crippen molar-refractivity contribution >= 4 is 27.6 Å². The number of para-hydroxylation sites is 1. The lowest BCUT2D eigenvalue weighted by atomic mass is 10.1. The molecule has 0 saturated heterocycles. The highest BCUT2D eigenvalue weighted by molar-refractivity contribution is 6.09. The van der Waals surface area contributed by atoms with Crippen LogP contribution in [0.2, 0.25) is 0 Å². The standard InChI is InChI=1S/C20H22N2O/c1-13(2)21-11-12-22(15(21)4)19-14(3)9-10-17-16-7-5-6-8-18(16)23-20(17)19/h5-13,15H,1-4H3/t15-/m1/s1/i1D3/t13?,15-. The molecule has 0 amide bonds. The fourth-order valence-corrected chi connectivity index (χ4v) is 3.45. The maximum atomic E-state index is 7.73. The number of rotatable bonds is 2. The molecule has 2 atom stereocenters. The van der Waals surface area contributed by atoms with Gasteiger partial charge in [0.15, 0.2) is 5.58 Å². The first-order chi connectivity index (χ1) is 12.3. The van der Waals surface area contributed by atoms with Gasteiger partial charge in [0, 0.05) is 33.3 Å². The molecular formula is C20H22N2O. The summed E-state index contributed by atoms with van der Waals surface area (Å²) in [6, 6.07) is 11.6. The highest BCUT2D eigenvalue weighted by Crippen LogP contribution is 2.39. The Balaban J connectivity index is 1.82. The fourth-order valence-electron chi connectivity index (χ4n) is 3.45. The molecule has 118 valence electrons. The Kier molecular flexibility index (Phi) is 2.45. The average molecular weight is 309 g/mol. The van der Waals surface area contributed by atoms with Crippen molar-refractivity contribution in [2.45, 2.75) is 39.8 Å². The van der Waals surface area contributed by atoms with Gasteiger partial charge < -0.3 is 14.2 Å². The second kappa shape index (κ2) is 5.05. The van der Waals surface area contributed by atoms with Crippen LogP contribution in [0.4, 0.5) is 5.69 Å². The van der Waals surface area contributed by atoms with Crippen LogP contribution < -0.4 is 4.90 Å². The van der Waals surface area contributed by atoms with Crippen molar-refractivity contribution in [3.8, 4) is 0 Å². The minimum atomic E-state index is -2.03. The number of hydrogen-bond acceptors (Lipinski definition) is 3. The molecule has 0 spiro atoms. The highest BCUT2D eigenvalue weighted by Gasteiger charge is 2.28. The topological polar surface area (TPSA) is 19.6 Å². The van der Waals surface area contributed by atoms with E-state index < -0.39 is 12.9 Å². The van der Waals surface area contributed by atoms with Gasteiger partial charge in [0.05, 0.1) is 5.69 Å². The summed E-state index contributed by atoms with van der Waals surface area (Å²) in [5, 5.41) is 2.16. The molecule has 4 rings (SSSR count). The number of furan rings is 1. The average Bonchev–Trinajstić information content (AvgIpc) is 3.14. The zero-order chi connectivity index (χ0) is 18.6. The lowest BCUT2D eigenvalue weighted by Gasteiger charge is -2.33. The summed E-state index contributed by atoms with van der Waals surface area (Å²) in [4.78, 5) is 3.98. The number of anilines is 1. The molecule has 0 fully saturated rings. The van der Waals surface area contributed by atoms with Crippen molar-refractivity contribution < 1.29 is 8.53 Å².